The zero-order valence-electron chi connectivity index (χ0n) is 19.2. The molecule has 0 aromatic carbocycles. The quantitative estimate of drug-likeness (QED) is 0.454. The maximum atomic E-state index is 10.7. The molecule has 172 valence electrons. The van der Waals surface area contributed by atoms with E-state index in [1.807, 2.05) is 38.9 Å². The van der Waals surface area contributed by atoms with Crippen molar-refractivity contribution >= 4 is 33.3 Å². The molecule has 0 saturated heterocycles. The van der Waals surface area contributed by atoms with Crippen LogP contribution in [0.25, 0.3) is 20.8 Å². The lowest BCUT2D eigenvalue weighted by Gasteiger charge is -2.28. The molecule has 3 heterocycles. The Kier molecular flexibility index (Phi) is 5.83. The van der Waals surface area contributed by atoms with Gasteiger partial charge in [0.2, 0.25) is 5.95 Å². The molecule has 4 N–H and O–H groups in total. The van der Waals surface area contributed by atoms with Crippen LogP contribution in [0.1, 0.15) is 31.7 Å². The van der Waals surface area contributed by atoms with Crippen molar-refractivity contribution in [2.75, 3.05) is 24.3 Å². The van der Waals surface area contributed by atoms with Gasteiger partial charge in [-0.05, 0) is 40.2 Å². The highest BCUT2D eigenvalue weighted by Gasteiger charge is 2.48. The molecule has 1 aliphatic carbocycles. The molecular formula is C22H30N6O3S. The number of aliphatic hydroxyl groups is 3. The molecule has 10 heteroatoms. The van der Waals surface area contributed by atoms with Gasteiger partial charge in [-0.2, -0.15) is 4.98 Å². The first kappa shape index (κ1) is 22.8. The summed E-state index contributed by atoms with van der Waals surface area (Å²) in [4.78, 5) is 20.3. The number of aliphatic hydroxyl groups excluding tert-OH is 2. The summed E-state index contributed by atoms with van der Waals surface area (Å²) < 4.78 is 1.02. The summed E-state index contributed by atoms with van der Waals surface area (Å²) >= 11 is 1.53. The molecule has 4 atom stereocenters. The number of rotatable bonds is 5. The third kappa shape index (κ3) is 4.03. The van der Waals surface area contributed by atoms with E-state index in [0.29, 0.717) is 18.2 Å². The SMILES string of the molecule is Cc1nc(N(C)C)nc(N[C@@H]2C[C@H](C(C)(C)O)[C@@H](O)[C@H]2O)c1-c1nc2c(C)nccc2s1. The predicted molar refractivity (Wildman–Crippen MR) is 126 cm³/mol. The Morgan fingerprint density at radius 1 is 1.09 bits per heavy atom. The van der Waals surface area contributed by atoms with Gasteiger partial charge >= 0.3 is 0 Å². The van der Waals surface area contributed by atoms with Gasteiger partial charge in [-0.3, -0.25) is 4.98 Å². The van der Waals surface area contributed by atoms with Crippen LogP contribution in [0.5, 0.6) is 0 Å². The smallest absolute Gasteiger partial charge is 0.227 e. The van der Waals surface area contributed by atoms with Crippen LogP contribution in [0.15, 0.2) is 12.3 Å². The Balaban J connectivity index is 1.79. The predicted octanol–water partition coefficient (Wildman–Crippen LogP) is 2.12. The van der Waals surface area contributed by atoms with Gasteiger partial charge in [0.05, 0.1) is 39.4 Å². The Labute approximate surface area is 191 Å². The minimum absolute atomic E-state index is 0.397. The second kappa shape index (κ2) is 8.18. The van der Waals surface area contributed by atoms with E-state index in [2.05, 4.69) is 15.3 Å². The van der Waals surface area contributed by atoms with E-state index in [1.165, 1.54) is 11.3 Å². The topological polar surface area (TPSA) is 128 Å². The van der Waals surface area contributed by atoms with Crippen molar-refractivity contribution in [2.45, 2.75) is 58.0 Å². The number of hydrogen-bond acceptors (Lipinski definition) is 10. The number of thiazole rings is 1. The van der Waals surface area contributed by atoms with Gasteiger partial charge in [-0.15, -0.1) is 11.3 Å². The molecule has 0 aliphatic heterocycles. The first-order chi connectivity index (χ1) is 15.0. The van der Waals surface area contributed by atoms with Crippen LogP contribution in [-0.2, 0) is 0 Å². The number of pyridine rings is 1. The number of nitrogens with zero attached hydrogens (tertiary/aromatic N) is 5. The lowest BCUT2D eigenvalue weighted by Crippen LogP contribution is -2.40. The van der Waals surface area contributed by atoms with Crippen LogP contribution >= 0.6 is 11.3 Å². The molecule has 1 fully saturated rings. The highest BCUT2D eigenvalue weighted by molar-refractivity contribution is 7.21. The fourth-order valence-electron chi connectivity index (χ4n) is 4.26. The molecule has 32 heavy (non-hydrogen) atoms. The molecule has 1 aliphatic rings. The highest BCUT2D eigenvalue weighted by Crippen LogP contribution is 2.40. The average Bonchev–Trinajstić information content (AvgIpc) is 3.25. The summed E-state index contributed by atoms with van der Waals surface area (Å²) in [6.07, 6.45) is 0.0845. The average molecular weight is 459 g/mol. The largest absolute Gasteiger partial charge is 0.390 e. The molecule has 3 aromatic rings. The van der Waals surface area contributed by atoms with Crippen molar-refractivity contribution in [1.29, 1.82) is 0 Å². The second-order valence-corrected chi connectivity index (χ2v) is 10.2. The van der Waals surface area contributed by atoms with E-state index in [1.54, 1.807) is 20.0 Å². The minimum atomic E-state index is -1.12. The Hall–Kier alpha value is -2.40. The van der Waals surface area contributed by atoms with E-state index in [0.717, 1.165) is 32.2 Å². The van der Waals surface area contributed by atoms with Gasteiger partial charge in [0.1, 0.15) is 22.4 Å². The van der Waals surface area contributed by atoms with Gasteiger partial charge in [0, 0.05) is 26.2 Å². The zero-order chi connectivity index (χ0) is 23.4. The number of aryl methyl sites for hydroxylation is 2. The Morgan fingerprint density at radius 3 is 2.41 bits per heavy atom. The van der Waals surface area contributed by atoms with Crippen molar-refractivity contribution in [1.82, 2.24) is 19.9 Å². The maximum absolute atomic E-state index is 10.7. The molecule has 0 unspecified atom stereocenters. The molecule has 0 radical (unpaired) electrons. The molecule has 3 aromatic heterocycles. The van der Waals surface area contributed by atoms with E-state index < -0.39 is 29.8 Å². The number of anilines is 2. The molecule has 0 amide bonds. The fraction of sp³-hybridized carbons (Fsp3) is 0.545. The monoisotopic (exact) mass is 458 g/mol. The minimum Gasteiger partial charge on any atom is -0.390 e. The van der Waals surface area contributed by atoms with Gasteiger partial charge in [-0.1, -0.05) is 0 Å². The lowest BCUT2D eigenvalue weighted by atomic mass is 9.88. The van der Waals surface area contributed by atoms with E-state index in [-0.39, 0.29) is 0 Å². The summed E-state index contributed by atoms with van der Waals surface area (Å²) in [5, 5.41) is 35.8. The van der Waals surface area contributed by atoms with E-state index >= 15 is 0 Å². The van der Waals surface area contributed by atoms with Gasteiger partial charge in [-0.25, -0.2) is 9.97 Å². The molecule has 4 rings (SSSR count). The number of nitrogens with one attached hydrogen (secondary N) is 1. The summed E-state index contributed by atoms with van der Waals surface area (Å²) in [6, 6.07) is 1.45. The molecule has 9 nitrogen and oxygen atoms in total. The van der Waals surface area contributed by atoms with Gasteiger partial charge < -0.3 is 25.5 Å². The zero-order valence-corrected chi connectivity index (χ0v) is 20.0. The van der Waals surface area contributed by atoms with Crippen LogP contribution in [0.4, 0.5) is 11.8 Å². The fourth-order valence-corrected chi connectivity index (χ4v) is 5.37. The summed E-state index contributed by atoms with van der Waals surface area (Å²) in [5.74, 6) is 0.601. The van der Waals surface area contributed by atoms with Gasteiger partial charge in [0.15, 0.2) is 0 Å². The van der Waals surface area contributed by atoms with Crippen molar-refractivity contribution in [3.63, 3.8) is 0 Å². The van der Waals surface area contributed by atoms with Crippen molar-refractivity contribution in [2.24, 2.45) is 5.92 Å². The molecule has 1 saturated carbocycles. The van der Waals surface area contributed by atoms with Crippen LogP contribution in [-0.4, -0.2) is 73.2 Å². The number of aromatic nitrogens is 4. The lowest BCUT2D eigenvalue weighted by molar-refractivity contribution is -0.0601. The van der Waals surface area contributed by atoms with Crippen molar-refractivity contribution < 1.29 is 15.3 Å². The van der Waals surface area contributed by atoms with Crippen molar-refractivity contribution in [3.05, 3.63) is 23.7 Å². The first-order valence-electron chi connectivity index (χ1n) is 10.6. The standard InChI is InChI=1S/C22H30N6O3S/c1-10-15(20-26-16-11(2)23-8-7-14(16)32-20)19(27-21(24-10)28(5)6)25-13-9-12(22(3,4)31)17(29)18(13)30/h7-8,12-13,17-18,29-31H,9H2,1-6H3,(H,24,25,27)/t12-,13+,17+,18-/m0/s1. The van der Waals surface area contributed by atoms with E-state index in [9.17, 15) is 15.3 Å². The summed E-state index contributed by atoms with van der Waals surface area (Å²) in [7, 11) is 3.73. The maximum Gasteiger partial charge on any atom is 0.227 e. The third-order valence-electron chi connectivity index (χ3n) is 6.09. The van der Waals surface area contributed by atoms with Crippen LogP contribution in [0.3, 0.4) is 0 Å². The normalized spacial score (nSPS) is 23.7. The first-order valence-corrected chi connectivity index (χ1v) is 11.4. The highest BCUT2D eigenvalue weighted by atomic mass is 32.1. The second-order valence-electron chi connectivity index (χ2n) is 9.22. The van der Waals surface area contributed by atoms with Crippen LogP contribution in [0.2, 0.25) is 0 Å². The molecular weight excluding hydrogens is 428 g/mol. The Bertz CT molecular complexity index is 1140. The number of fused-ring (bicyclic) bond motifs is 1. The molecule has 0 bridgehead atoms. The van der Waals surface area contributed by atoms with Crippen molar-refractivity contribution in [3.8, 4) is 10.6 Å². The summed E-state index contributed by atoms with van der Waals surface area (Å²) in [6.45, 7) is 7.14. The van der Waals surface area contributed by atoms with E-state index in [4.69, 9.17) is 9.97 Å². The van der Waals surface area contributed by atoms with Crippen LogP contribution < -0.4 is 10.2 Å². The summed E-state index contributed by atoms with van der Waals surface area (Å²) in [5.41, 5.74) is 2.08. The van der Waals surface area contributed by atoms with Gasteiger partial charge in [0.25, 0.3) is 0 Å². The number of hydrogen-bond donors (Lipinski definition) is 4. The Morgan fingerprint density at radius 2 is 1.81 bits per heavy atom. The van der Waals surface area contributed by atoms with Crippen LogP contribution in [0, 0.1) is 19.8 Å². The molecule has 0 spiro atoms. The third-order valence-corrected chi connectivity index (χ3v) is 7.13.